The summed E-state index contributed by atoms with van der Waals surface area (Å²) in [5, 5.41) is 2.81. The first-order valence-electron chi connectivity index (χ1n) is 5.58. The van der Waals surface area contributed by atoms with Gasteiger partial charge in [-0.1, -0.05) is 25.2 Å². The average Bonchev–Trinajstić information content (AvgIpc) is 2.60. The lowest BCUT2D eigenvalue weighted by atomic mass is 10.6. The first-order valence-corrected chi connectivity index (χ1v) is 7.83. The van der Waals surface area contributed by atoms with Gasteiger partial charge in [0.15, 0.2) is 9.34 Å². The van der Waals surface area contributed by atoms with Crippen LogP contribution in [0.15, 0.2) is 4.21 Å². The zero-order valence-corrected chi connectivity index (χ0v) is 12.5. The molecule has 1 heterocycles. The van der Waals surface area contributed by atoms with Gasteiger partial charge >= 0.3 is 0 Å². The molecule has 6 nitrogen and oxygen atoms in total. The highest BCUT2D eigenvalue weighted by Gasteiger charge is 2.27. The summed E-state index contributed by atoms with van der Waals surface area (Å²) in [6, 6.07) is 0. The number of aryl methyl sites for hydroxylation is 1. The van der Waals surface area contributed by atoms with Crippen molar-refractivity contribution in [2.75, 3.05) is 18.4 Å². The molecule has 1 rings (SSSR count). The van der Waals surface area contributed by atoms with E-state index in [0.29, 0.717) is 23.9 Å². The number of thiazole rings is 1. The Morgan fingerprint density at radius 2 is 1.94 bits per heavy atom. The molecule has 1 N–H and O–H groups in total. The van der Waals surface area contributed by atoms with E-state index in [1.165, 1.54) is 11.2 Å². The summed E-state index contributed by atoms with van der Waals surface area (Å²) in [6.45, 7) is 7.36. The standard InChI is InChI=1S/C10H17N3O3S2/c1-5-13(6-2)18(15,16)9-7(3)11-10(17-9)12-8(4)14/h5-6H2,1-4H3,(H,11,12,14). The van der Waals surface area contributed by atoms with Crippen molar-refractivity contribution < 1.29 is 13.2 Å². The number of nitrogens with zero attached hydrogens (tertiary/aromatic N) is 2. The second-order valence-electron chi connectivity index (χ2n) is 3.66. The van der Waals surface area contributed by atoms with Gasteiger partial charge in [-0.25, -0.2) is 13.4 Å². The molecule has 1 amide bonds. The third kappa shape index (κ3) is 3.06. The quantitative estimate of drug-likeness (QED) is 0.890. The second-order valence-corrected chi connectivity index (χ2v) is 6.79. The van der Waals surface area contributed by atoms with E-state index in [0.717, 1.165) is 11.3 Å². The molecule has 102 valence electrons. The normalized spacial score (nSPS) is 11.8. The highest BCUT2D eigenvalue weighted by Crippen LogP contribution is 2.29. The van der Waals surface area contributed by atoms with Crippen molar-refractivity contribution in [2.24, 2.45) is 0 Å². The molecule has 1 aromatic rings. The molecule has 0 unspecified atom stereocenters. The van der Waals surface area contributed by atoms with E-state index in [4.69, 9.17) is 0 Å². The average molecular weight is 291 g/mol. The summed E-state index contributed by atoms with van der Waals surface area (Å²) in [4.78, 5) is 15.0. The SMILES string of the molecule is CCN(CC)S(=O)(=O)c1sc(NC(C)=O)nc1C. The van der Waals surface area contributed by atoms with Crippen LogP contribution in [0.25, 0.3) is 0 Å². The van der Waals surface area contributed by atoms with Crippen LogP contribution in [-0.4, -0.2) is 36.7 Å². The number of amides is 1. The van der Waals surface area contributed by atoms with Gasteiger partial charge in [-0.2, -0.15) is 4.31 Å². The van der Waals surface area contributed by atoms with E-state index in [1.807, 2.05) is 0 Å². The van der Waals surface area contributed by atoms with Gasteiger partial charge in [0.1, 0.15) is 0 Å². The predicted octanol–water partition coefficient (Wildman–Crippen LogP) is 1.44. The van der Waals surface area contributed by atoms with Crippen molar-refractivity contribution >= 4 is 32.4 Å². The van der Waals surface area contributed by atoms with Gasteiger partial charge < -0.3 is 5.32 Å². The number of anilines is 1. The molecular weight excluding hydrogens is 274 g/mol. The van der Waals surface area contributed by atoms with Gasteiger partial charge in [0.2, 0.25) is 5.91 Å². The summed E-state index contributed by atoms with van der Waals surface area (Å²) in [5.74, 6) is -0.268. The van der Waals surface area contributed by atoms with Crippen molar-refractivity contribution in [1.82, 2.24) is 9.29 Å². The summed E-state index contributed by atoms with van der Waals surface area (Å²) < 4.78 is 26.2. The van der Waals surface area contributed by atoms with Crippen molar-refractivity contribution in [1.29, 1.82) is 0 Å². The molecule has 0 fully saturated rings. The van der Waals surface area contributed by atoms with Gasteiger partial charge in [0.05, 0.1) is 5.69 Å². The predicted molar refractivity (Wildman–Crippen MR) is 71.3 cm³/mol. The highest BCUT2D eigenvalue weighted by molar-refractivity contribution is 7.91. The van der Waals surface area contributed by atoms with Crippen molar-refractivity contribution in [2.45, 2.75) is 31.9 Å². The first kappa shape index (κ1) is 15.1. The lowest BCUT2D eigenvalue weighted by molar-refractivity contribution is -0.114. The van der Waals surface area contributed by atoms with E-state index >= 15 is 0 Å². The number of hydrogen-bond donors (Lipinski definition) is 1. The van der Waals surface area contributed by atoms with Crippen molar-refractivity contribution in [3.05, 3.63) is 5.69 Å². The minimum absolute atomic E-state index is 0.190. The van der Waals surface area contributed by atoms with Gasteiger partial charge in [-0.15, -0.1) is 0 Å². The van der Waals surface area contributed by atoms with Crippen molar-refractivity contribution in [3.63, 3.8) is 0 Å². The molecule has 0 bridgehead atoms. The smallest absolute Gasteiger partial charge is 0.254 e. The molecule has 0 aliphatic carbocycles. The van der Waals surface area contributed by atoms with Gasteiger partial charge in [0, 0.05) is 20.0 Å². The maximum absolute atomic E-state index is 12.3. The lowest BCUT2D eigenvalue weighted by Gasteiger charge is -2.17. The number of carbonyl (C=O) groups excluding carboxylic acids is 1. The highest BCUT2D eigenvalue weighted by atomic mass is 32.2. The Morgan fingerprint density at radius 1 is 1.39 bits per heavy atom. The molecule has 0 radical (unpaired) electrons. The molecule has 1 aromatic heterocycles. The summed E-state index contributed by atoms with van der Waals surface area (Å²) in [6.07, 6.45) is 0. The summed E-state index contributed by atoms with van der Waals surface area (Å²) in [7, 11) is -3.51. The van der Waals surface area contributed by atoms with Crippen LogP contribution >= 0.6 is 11.3 Å². The largest absolute Gasteiger partial charge is 0.302 e. The number of sulfonamides is 1. The maximum atomic E-state index is 12.3. The number of carbonyl (C=O) groups is 1. The van der Waals surface area contributed by atoms with Crippen LogP contribution < -0.4 is 5.32 Å². The Bertz CT molecular complexity index is 533. The molecule has 0 aliphatic heterocycles. The zero-order valence-electron chi connectivity index (χ0n) is 10.8. The lowest BCUT2D eigenvalue weighted by Crippen LogP contribution is -2.30. The molecule has 0 aromatic carbocycles. The Morgan fingerprint density at radius 3 is 2.39 bits per heavy atom. The summed E-state index contributed by atoms with van der Waals surface area (Å²) >= 11 is 0.981. The Kier molecular flexibility index (Phi) is 4.83. The summed E-state index contributed by atoms with van der Waals surface area (Å²) in [5.41, 5.74) is 0.413. The number of rotatable bonds is 5. The monoisotopic (exact) mass is 291 g/mol. The van der Waals surface area contributed by atoms with Crippen LogP contribution in [0, 0.1) is 6.92 Å². The fourth-order valence-electron chi connectivity index (χ4n) is 1.51. The molecule has 0 aliphatic rings. The third-order valence-corrected chi connectivity index (χ3v) is 6.03. The topological polar surface area (TPSA) is 79.4 Å². The minimum Gasteiger partial charge on any atom is -0.302 e. The van der Waals surface area contributed by atoms with E-state index in [9.17, 15) is 13.2 Å². The second kappa shape index (κ2) is 5.77. The number of nitrogens with one attached hydrogen (secondary N) is 1. The Balaban J connectivity index is 3.17. The van der Waals surface area contributed by atoms with Gasteiger partial charge in [0.25, 0.3) is 10.0 Å². The number of hydrogen-bond acceptors (Lipinski definition) is 5. The molecule has 0 spiro atoms. The number of aromatic nitrogens is 1. The van der Waals surface area contributed by atoms with Gasteiger partial charge in [-0.05, 0) is 6.92 Å². The Hall–Kier alpha value is -0.990. The van der Waals surface area contributed by atoms with E-state index in [-0.39, 0.29) is 10.1 Å². The molecule has 0 atom stereocenters. The fourth-order valence-corrected chi connectivity index (χ4v) is 4.56. The van der Waals surface area contributed by atoms with Gasteiger partial charge in [-0.3, -0.25) is 4.79 Å². The van der Waals surface area contributed by atoms with Crippen LogP contribution in [-0.2, 0) is 14.8 Å². The Labute approximate surface area is 111 Å². The van der Waals surface area contributed by atoms with Crippen LogP contribution in [0.2, 0.25) is 0 Å². The van der Waals surface area contributed by atoms with E-state index in [2.05, 4.69) is 10.3 Å². The third-order valence-electron chi connectivity index (χ3n) is 2.32. The van der Waals surface area contributed by atoms with Crippen LogP contribution in [0.3, 0.4) is 0 Å². The van der Waals surface area contributed by atoms with Crippen LogP contribution in [0.1, 0.15) is 26.5 Å². The van der Waals surface area contributed by atoms with E-state index in [1.54, 1.807) is 20.8 Å². The molecule has 0 saturated heterocycles. The molecule has 0 saturated carbocycles. The van der Waals surface area contributed by atoms with Crippen LogP contribution in [0.5, 0.6) is 0 Å². The molecular formula is C10H17N3O3S2. The van der Waals surface area contributed by atoms with Crippen molar-refractivity contribution in [3.8, 4) is 0 Å². The van der Waals surface area contributed by atoms with E-state index < -0.39 is 10.0 Å². The fraction of sp³-hybridized carbons (Fsp3) is 0.600. The minimum atomic E-state index is -3.51. The maximum Gasteiger partial charge on any atom is 0.254 e. The zero-order chi connectivity index (χ0) is 13.9. The first-order chi connectivity index (χ1) is 8.32. The molecule has 8 heteroatoms. The molecule has 18 heavy (non-hydrogen) atoms. The van der Waals surface area contributed by atoms with Crippen LogP contribution in [0.4, 0.5) is 5.13 Å².